The Morgan fingerprint density at radius 2 is 1.79 bits per heavy atom. The monoisotopic (exact) mass is 466 g/mol. The second kappa shape index (κ2) is 7.95. The molecule has 164 valence electrons. The van der Waals surface area contributed by atoms with Gasteiger partial charge in [-0.15, -0.1) is 0 Å². The SMILES string of the molecule is COC(=O)CC[C@H](C)[C@H]1CC[C@H]2[C@H]3C(=O)[C@H](Br)[C@@H]4CCCC[C@]4(C)[C@H]3CC[C@]12C. The first kappa shape index (κ1) is 21.8. The molecule has 0 amide bonds. The summed E-state index contributed by atoms with van der Waals surface area (Å²) in [5.74, 6) is 3.45. The van der Waals surface area contributed by atoms with Crippen molar-refractivity contribution in [3.05, 3.63) is 0 Å². The van der Waals surface area contributed by atoms with Crippen LogP contribution in [0.1, 0.15) is 85.0 Å². The highest BCUT2D eigenvalue weighted by Crippen LogP contribution is 2.68. The van der Waals surface area contributed by atoms with Gasteiger partial charge >= 0.3 is 5.97 Å². The number of hydrogen-bond donors (Lipinski definition) is 0. The molecule has 0 saturated heterocycles. The lowest BCUT2D eigenvalue weighted by Crippen LogP contribution is -2.60. The van der Waals surface area contributed by atoms with Crippen LogP contribution in [0.25, 0.3) is 0 Å². The Morgan fingerprint density at radius 1 is 1.07 bits per heavy atom. The van der Waals surface area contributed by atoms with Crippen LogP contribution in [-0.2, 0) is 14.3 Å². The number of ketones is 1. The van der Waals surface area contributed by atoms with Crippen molar-refractivity contribution in [1.82, 2.24) is 0 Å². The standard InChI is InChI=1S/C25H39BrO3/c1-15(8-11-20(27)29-4)16-9-10-17-21-18(12-14-25(16,17)3)24(2)13-6-5-7-19(24)22(26)23(21)28/h15-19,21-22H,5-14H2,1-4H3/t15-,16+,17-,18-,19-,21+,22+,24+,25+/m0/s1. The van der Waals surface area contributed by atoms with E-state index in [2.05, 4.69) is 36.7 Å². The maximum absolute atomic E-state index is 13.7. The van der Waals surface area contributed by atoms with E-state index in [1.54, 1.807) is 0 Å². The van der Waals surface area contributed by atoms with Crippen LogP contribution in [0.3, 0.4) is 0 Å². The minimum Gasteiger partial charge on any atom is -0.469 e. The van der Waals surface area contributed by atoms with Gasteiger partial charge < -0.3 is 4.74 Å². The van der Waals surface area contributed by atoms with Crippen LogP contribution in [0.5, 0.6) is 0 Å². The van der Waals surface area contributed by atoms with Crippen molar-refractivity contribution < 1.29 is 14.3 Å². The summed E-state index contributed by atoms with van der Waals surface area (Å²) in [5.41, 5.74) is 0.581. The summed E-state index contributed by atoms with van der Waals surface area (Å²) in [6.45, 7) is 7.32. The van der Waals surface area contributed by atoms with E-state index >= 15 is 0 Å². The van der Waals surface area contributed by atoms with Gasteiger partial charge in [-0.05, 0) is 85.4 Å². The number of hydrogen-bond acceptors (Lipinski definition) is 3. The summed E-state index contributed by atoms with van der Waals surface area (Å²) >= 11 is 3.90. The van der Waals surface area contributed by atoms with Gasteiger partial charge in [-0.1, -0.05) is 49.5 Å². The number of Topliss-reactive ketones (excluding diaryl/α,β-unsaturated/α-hetero) is 1. The molecule has 0 bridgehead atoms. The normalized spacial score (nSPS) is 47.7. The van der Waals surface area contributed by atoms with E-state index in [0.717, 1.165) is 6.42 Å². The van der Waals surface area contributed by atoms with Crippen molar-refractivity contribution in [2.75, 3.05) is 7.11 Å². The van der Waals surface area contributed by atoms with Gasteiger partial charge in [-0.3, -0.25) is 9.59 Å². The molecule has 0 aromatic rings. The smallest absolute Gasteiger partial charge is 0.305 e. The molecule has 3 nitrogen and oxygen atoms in total. The van der Waals surface area contributed by atoms with Crippen molar-refractivity contribution >= 4 is 27.7 Å². The Morgan fingerprint density at radius 3 is 2.52 bits per heavy atom. The highest BCUT2D eigenvalue weighted by Gasteiger charge is 2.64. The Balaban J connectivity index is 1.57. The average molecular weight is 467 g/mol. The molecule has 9 atom stereocenters. The molecule has 0 N–H and O–H groups in total. The van der Waals surface area contributed by atoms with Gasteiger partial charge in [-0.25, -0.2) is 0 Å². The Bertz CT molecular complexity index is 662. The van der Waals surface area contributed by atoms with E-state index in [9.17, 15) is 9.59 Å². The van der Waals surface area contributed by atoms with Crippen molar-refractivity contribution in [2.45, 2.75) is 89.8 Å². The molecule has 29 heavy (non-hydrogen) atoms. The highest BCUT2D eigenvalue weighted by molar-refractivity contribution is 9.10. The van der Waals surface area contributed by atoms with Gasteiger partial charge in [-0.2, -0.15) is 0 Å². The van der Waals surface area contributed by atoms with Crippen LogP contribution in [-0.4, -0.2) is 23.7 Å². The van der Waals surface area contributed by atoms with Gasteiger partial charge in [0.1, 0.15) is 5.78 Å². The van der Waals surface area contributed by atoms with E-state index in [1.807, 2.05) is 0 Å². The van der Waals surface area contributed by atoms with E-state index in [1.165, 1.54) is 58.5 Å². The molecule has 4 saturated carbocycles. The first-order valence-corrected chi connectivity index (χ1v) is 12.9. The zero-order valence-electron chi connectivity index (χ0n) is 18.7. The number of rotatable bonds is 4. The number of carbonyl (C=O) groups is 2. The third-order valence-electron chi connectivity index (χ3n) is 10.2. The van der Waals surface area contributed by atoms with Gasteiger partial charge in [0.2, 0.25) is 0 Å². The lowest BCUT2D eigenvalue weighted by Gasteiger charge is -2.61. The maximum atomic E-state index is 13.7. The molecule has 4 rings (SSSR count). The zero-order valence-corrected chi connectivity index (χ0v) is 20.3. The Kier molecular flexibility index (Phi) is 5.99. The van der Waals surface area contributed by atoms with Crippen LogP contribution in [0.2, 0.25) is 0 Å². The molecule has 0 aromatic heterocycles. The molecule has 0 unspecified atom stereocenters. The number of carbonyl (C=O) groups excluding carboxylic acids is 2. The second-order valence-corrected chi connectivity index (χ2v) is 12.2. The fourth-order valence-electron chi connectivity index (χ4n) is 8.61. The summed E-state index contributed by atoms with van der Waals surface area (Å²) < 4.78 is 4.86. The van der Waals surface area contributed by atoms with Gasteiger partial charge in [0, 0.05) is 12.3 Å². The number of esters is 1. The molecule has 0 heterocycles. The minimum absolute atomic E-state index is 0.0622. The number of halogens is 1. The van der Waals surface area contributed by atoms with E-state index in [-0.39, 0.29) is 22.1 Å². The Labute approximate surface area is 185 Å². The lowest BCUT2D eigenvalue weighted by atomic mass is 9.44. The highest BCUT2D eigenvalue weighted by atomic mass is 79.9. The Hall–Kier alpha value is -0.380. The second-order valence-electron chi connectivity index (χ2n) is 11.2. The zero-order chi connectivity index (χ0) is 21.0. The van der Waals surface area contributed by atoms with Crippen molar-refractivity contribution in [3.63, 3.8) is 0 Å². The van der Waals surface area contributed by atoms with Crippen LogP contribution in [0.15, 0.2) is 0 Å². The molecule has 0 radical (unpaired) electrons. The number of methoxy groups -OCH3 is 1. The third kappa shape index (κ3) is 3.34. The molecule has 0 aliphatic heterocycles. The quantitative estimate of drug-likeness (QED) is 0.367. The van der Waals surface area contributed by atoms with E-state index < -0.39 is 0 Å². The number of fused-ring (bicyclic) bond motifs is 5. The van der Waals surface area contributed by atoms with E-state index in [0.29, 0.717) is 47.2 Å². The fourth-order valence-corrected chi connectivity index (χ4v) is 9.78. The molecule has 4 heteroatoms. The molecule has 0 aromatic carbocycles. The van der Waals surface area contributed by atoms with Crippen LogP contribution >= 0.6 is 15.9 Å². The number of ether oxygens (including phenoxy) is 1. The van der Waals surface area contributed by atoms with Gasteiger partial charge in [0.15, 0.2) is 0 Å². The van der Waals surface area contributed by atoms with Crippen LogP contribution in [0.4, 0.5) is 0 Å². The fraction of sp³-hybridized carbons (Fsp3) is 0.920. The van der Waals surface area contributed by atoms with Crippen molar-refractivity contribution in [2.24, 2.45) is 46.3 Å². The molecule has 4 aliphatic carbocycles. The predicted octanol–water partition coefficient (Wildman–Crippen LogP) is 6.18. The molecule has 4 fully saturated rings. The summed E-state index contributed by atoms with van der Waals surface area (Å²) in [6, 6.07) is 0. The van der Waals surface area contributed by atoms with Crippen LogP contribution < -0.4 is 0 Å². The topological polar surface area (TPSA) is 43.4 Å². The molecular formula is C25H39BrO3. The molecule has 0 spiro atoms. The summed E-state index contributed by atoms with van der Waals surface area (Å²) in [5, 5.41) is 0. The van der Waals surface area contributed by atoms with Crippen molar-refractivity contribution in [1.29, 1.82) is 0 Å². The molecule has 4 aliphatic rings. The van der Waals surface area contributed by atoms with Crippen LogP contribution in [0, 0.1) is 46.3 Å². The van der Waals surface area contributed by atoms with Crippen molar-refractivity contribution in [3.8, 4) is 0 Å². The summed E-state index contributed by atoms with van der Waals surface area (Å²) in [6.07, 6.45) is 11.4. The summed E-state index contributed by atoms with van der Waals surface area (Å²) in [7, 11) is 1.48. The maximum Gasteiger partial charge on any atom is 0.305 e. The first-order valence-electron chi connectivity index (χ1n) is 12.0. The van der Waals surface area contributed by atoms with E-state index in [4.69, 9.17) is 4.74 Å². The minimum atomic E-state index is -0.0962. The molecular weight excluding hydrogens is 428 g/mol. The van der Waals surface area contributed by atoms with Gasteiger partial charge in [0.05, 0.1) is 11.9 Å². The first-order chi connectivity index (χ1) is 13.7. The predicted molar refractivity (Wildman–Crippen MR) is 119 cm³/mol. The largest absolute Gasteiger partial charge is 0.469 e. The average Bonchev–Trinajstić information content (AvgIpc) is 3.06. The van der Waals surface area contributed by atoms with Gasteiger partial charge in [0.25, 0.3) is 0 Å². The summed E-state index contributed by atoms with van der Waals surface area (Å²) in [4.78, 5) is 25.4. The lowest BCUT2D eigenvalue weighted by molar-refractivity contribution is -0.154. The number of alkyl halides is 1. The third-order valence-corrected chi connectivity index (χ3v) is 11.3.